The average Bonchev–Trinajstić information content (AvgIpc) is 2.36. The van der Waals surface area contributed by atoms with Crippen LogP contribution in [-0.4, -0.2) is 59.6 Å². The Morgan fingerprint density at radius 3 is 2.11 bits per heavy atom. The van der Waals surface area contributed by atoms with Gasteiger partial charge in [-0.2, -0.15) is 0 Å². The first-order valence-electron chi connectivity index (χ1n) is 7.04. The highest BCUT2D eigenvalue weighted by Gasteiger charge is 2.27. The SMILES string of the molecule is CCC(O)CC(O)COC(C)(CC)CC(O)COC. The lowest BCUT2D eigenvalue weighted by Crippen LogP contribution is -2.37. The lowest BCUT2D eigenvalue weighted by Gasteiger charge is -2.32. The second-order valence-corrected chi connectivity index (χ2v) is 5.38. The van der Waals surface area contributed by atoms with Crippen molar-refractivity contribution in [2.75, 3.05) is 20.3 Å². The van der Waals surface area contributed by atoms with Gasteiger partial charge in [-0.05, 0) is 19.8 Å². The maximum atomic E-state index is 9.77. The molecule has 4 atom stereocenters. The number of aliphatic hydroxyl groups is 3. The summed E-state index contributed by atoms with van der Waals surface area (Å²) in [7, 11) is 1.54. The summed E-state index contributed by atoms with van der Waals surface area (Å²) in [5.74, 6) is 0. The highest BCUT2D eigenvalue weighted by molar-refractivity contribution is 4.78. The van der Waals surface area contributed by atoms with E-state index in [-0.39, 0.29) is 13.2 Å². The van der Waals surface area contributed by atoms with E-state index in [9.17, 15) is 15.3 Å². The van der Waals surface area contributed by atoms with E-state index >= 15 is 0 Å². The highest BCUT2D eigenvalue weighted by atomic mass is 16.5. The van der Waals surface area contributed by atoms with Gasteiger partial charge in [0, 0.05) is 20.0 Å². The smallest absolute Gasteiger partial charge is 0.0800 e. The minimum Gasteiger partial charge on any atom is -0.393 e. The minimum atomic E-state index is -0.680. The van der Waals surface area contributed by atoms with E-state index in [0.29, 0.717) is 19.3 Å². The molecule has 0 saturated carbocycles. The van der Waals surface area contributed by atoms with Gasteiger partial charge in [-0.15, -0.1) is 0 Å². The first-order valence-corrected chi connectivity index (χ1v) is 7.04. The molecular formula is C14H30O5. The summed E-state index contributed by atoms with van der Waals surface area (Å²) in [4.78, 5) is 0. The lowest BCUT2D eigenvalue weighted by molar-refractivity contribution is -0.104. The fourth-order valence-corrected chi connectivity index (χ4v) is 1.90. The molecule has 0 heterocycles. The van der Waals surface area contributed by atoms with Crippen LogP contribution in [0.2, 0.25) is 0 Å². The average molecular weight is 278 g/mol. The summed E-state index contributed by atoms with van der Waals surface area (Å²) in [6.07, 6.45) is 0.377. The Hall–Kier alpha value is -0.200. The van der Waals surface area contributed by atoms with E-state index in [2.05, 4.69) is 0 Å². The van der Waals surface area contributed by atoms with Crippen LogP contribution >= 0.6 is 0 Å². The fourth-order valence-electron chi connectivity index (χ4n) is 1.90. The molecule has 0 aliphatic carbocycles. The molecule has 0 aliphatic heterocycles. The van der Waals surface area contributed by atoms with Crippen molar-refractivity contribution in [2.24, 2.45) is 0 Å². The minimum absolute atomic E-state index is 0.168. The summed E-state index contributed by atoms with van der Waals surface area (Å²) in [6, 6.07) is 0. The van der Waals surface area contributed by atoms with Crippen molar-refractivity contribution >= 4 is 0 Å². The van der Waals surface area contributed by atoms with Crippen molar-refractivity contribution in [3.8, 4) is 0 Å². The van der Waals surface area contributed by atoms with E-state index < -0.39 is 23.9 Å². The molecule has 3 N–H and O–H groups in total. The molecule has 0 aromatic carbocycles. The molecule has 0 rings (SSSR count). The van der Waals surface area contributed by atoms with Crippen LogP contribution < -0.4 is 0 Å². The maximum absolute atomic E-state index is 9.77. The molecule has 0 aromatic heterocycles. The Morgan fingerprint density at radius 1 is 1.00 bits per heavy atom. The molecule has 0 aliphatic rings. The van der Waals surface area contributed by atoms with E-state index in [0.717, 1.165) is 6.42 Å². The third-order valence-corrected chi connectivity index (χ3v) is 3.41. The Labute approximate surface area is 116 Å². The number of hydrogen-bond acceptors (Lipinski definition) is 5. The summed E-state index contributed by atoms with van der Waals surface area (Å²) >= 11 is 0. The van der Waals surface area contributed by atoms with Crippen molar-refractivity contribution in [2.45, 2.75) is 70.4 Å². The van der Waals surface area contributed by atoms with Crippen LogP contribution in [0.25, 0.3) is 0 Å². The van der Waals surface area contributed by atoms with E-state index in [1.165, 1.54) is 0 Å². The maximum Gasteiger partial charge on any atom is 0.0800 e. The van der Waals surface area contributed by atoms with Crippen molar-refractivity contribution in [1.82, 2.24) is 0 Å². The fraction of sp³-hybridized carbons (Fsp3) is 1.00. The van der Waals surface area contributed by atoms with Gasteiger partial charge in [-0.3, -0.25) is 0 Å². The molecule has 0 spiro atoms. The first-order chi connectivity index (χ1) is 8.86. The zero-order valence-corrected chi connectivity index (χ0v) is 12.6. The van der Waals surface area contributed by atoms with Crippen molar-refractivity contribution in [3.05, 3.63) is 0 Å². The number of methoxy groups -OCH3 is 1. The predicted molar refractivity (Wildman–Crippen MR) is 74.1 cm³/mol. The summed E-state index contributed by atoms with van der Waals surface area (Å²) in [6.45, 7) is 6.20. The Balaban J connectivity index is 4.15. The third kappa shape index (κ3) is 8.55. The zero-order valence-electron chi connectivity index (χ0n) is 12.6. The Bertz CT molecular complexity index is 224. The number of aliphatic hydroxyl groups excluding tert-OH is 3. The molecule has 5 nitrogen and oxygen atoms in total. The molecule has 0 amide bonds. The number of rotatable bonds is 11. The monoisotopic (exact) mass is 278 g/mol. The number of ether oxygens (including phenoxy) is 2. The van der Waals surface area contributed by atoms with Crippen LogP contribution in [0.15, 0.2) is 0 Å². The Kier molecular flexibility index (Phi) is 9.56. The van der Waals surface area contributed by atoms with Crippen LogP contribution in [-0.2, 0) is 9.47 Å². The van der Waals surface area contributed by atoms with Crippen molar-refractivity contribution in [3.63, 3.8) is 0 Å². The van der Waals surface area contributed by atoms with Gasteiger partial charge in [0.25, 0.3) is 0 Å². The normalized spacial score (nSPS) is 19.7. The van der Waals surface area contributed by atoms with Crippen LogP contribution in [0.1, 0.15) is 46.5 Å². The molecule has 19 heavy (non-hydrogen) atoms. The van der Waals surface area contributed by atoms with Gasteiger partial charge >= 0.3 is 0 Å². The largest absolute Gasteiger partial charge is 0.393 e. The second kappa shape index (κ2) is 9.66. The molecule has 0 bridgehead atoms. The topological polar surface area (TPSA) is 79.2 Å². The van der Waals surface area contributed by atoms with Crippen molar-refractivity contribution < 1.29 is 24.8 Å². The quantitative estimate of drug-likeness (QED) is 0.527. The number of hydrogen-bond donors (Lipinski definition) is 3. The van der Waals surface area contributed by atoms with Crippen LogP contribution in [0.3, 0.4) is 0 Å². The first kappa shape index (κ1) is 18.8. The van der Waals surface area contributed by atoms with Gasteiger partial charge in [0.1, 0.15) is 0 Å². The van der Waals surface area contributed by atoms with E-state index in [1.807, 2.05) is 20.8 Å². The van der Waals surface area contributed by atoms with Crippen LogP contribution in [0, 0.1) is 0 Å². The summed E-state index contributed by atoms with van der Waals surface area (Å²) in [5, 5.41) is 29.0. The third-order valence-electron chi connectivity index (χ3n) is 3.41. The molecule has 116 valence electrons. The van der Waals surface area contributed by atoms with Gasteiger partial charge in [0.15, 0.2) is 0 Å². The summed E-state index contributed by atoms with van der Waals surface area (Å²) < 4.78 is 10.6. The zero-order chi connectivity index (χ0) is 14.9. The van der Waals surface area contributed by atoms with Crippen LogP contribution in [0.5, 0.6) is 0 Å². The van der Waals surface area contributed by atoms with Crippen molar-refractivity contribution in [1.29, 1.82) is 0 Å². The molecule has 5 heteroatoms. The van der Waals surface area contributed by atoms with Gasteiger partial charge < -0.3 is 24.8 Å². The highest BCUT2D eigenvalue weighted by Crippen LogP contribution is 2.23. The van der Waals surface area contributed by atoms with E-state index in [4.69, 9.17) is 9.47 Å². The predicted octanol–water partition coefficient (Wildman–Crippen LogP) is 1.09. The molecule has 0 fully saturated rings. The standard InChI is InChI=1S/C14H30O5/c1-5-11(15)7-12(16)10-19-14(3,6-2)8-13(17)9-18-4/h11-13,15-17H,5-10H2,1-4H3. The van der Waals surface area contributed by atoms with Gasteiger partial charge in [-0.1, -0.05) is 13.8 Å². The lowest BCUT2D eigenvalue weighted by atomic mass is 9.95. The molecule has 0 saturated heterocycles. The van der Waals surface area contributed by atoms with Gasteiger partial charge in [-0.25, -0.2) is 0 Å². The molecule has 0 aromatic rings. The molecular weight excluding hydrogens is 248 g/mol. The van der Waals surface area contributed by atoms with Gasteiger partial charge in [0.05, 0.1) is 37.1 Å². The Morgan fingerprint density at radius 2 is 1.63 bits per heavy atom. The van der Waals surface area contributed by atoms with E-state index in [1.54, 1.807) is 7.11 Å². The summed E-state index contributed by atoms with van der Waals surface area (Å²) in [5.41, 5.74) is -0.490. The molecule has 4 unspecified atom stereocenters. The second-order valence-electron chi connectivity index (χ2n) is 5.38. The molecule has 0 radical (unpaired) electrons. The van der Waals surface area contributed by atoms with Gasteiger partial charge in [0.2, 0.25) is 0 Å². The van der Waals surface area contributed by atoms with Crippen LogP contribution in [0.4, 0.5) is 0 Å².